The Morgan fingerprint density at radius 1 is 1.42 bits per heavy atom. The molecule has 1 fully saturated rings. The molecule has 104 valence electrons. The van der Waals surface area contributed by atoms with Crippen molar-refractivity contribution >= 4 is 23.2 Å². The normalized spacial score (nSPS) is 19.5. The average molecular weight is 281 g/mol. The van der Waals surface area contributed by atoms with Crippen LogP contribution in [0.2, 0.25) is 0 Å². The molecule has 2 heterocycles. The van der Waals surface area contributed by atoms with Gasteiger partial charge in [0.15, 0.2) is 0 Å². The van der Waals surface area contributed by atoms with Crippen molar-refractivity contribution < 1.29 is 14.3 Å². The Hall–Kier alpha value is -1.36. The molecule has 0 bridgehead atoms. The summed E-state index contributed by atoms with van der Waals surface area (Å²) < 4.78 is 5.39. The van der Waals surface area contributed by atoms with Crippen molar-refractivity contribution in [1.29, 1.82) is 0 Å². The highest BCUT2D eigenvalue weighted by Gasteiger charge is 2.37. The van der Waals surface area contributed by atoms with Crippen LogP contribution >= 0.6 is 11.3 Å². The molecule has 0 radical (unpaired) electrons. The molecule has 2 rings (SSSR count). The van der Waals surface area contributed by atoms with Gasteiger partial charge in [-0.15, -0.1) is 11.3 Å². The zero-order valence-electron chi connectivity index (χ0n) is 11.5. The second-order valence-corrected chi connectivity index (χ2v) is 6.62. The number of carbonyl (C=O) groups excluding carboxylic acids is 2. The quantitative estimate of drug-likeness (QED) is 0.783. The molecule has 0 aliphatic carbocycles. The van der Waals surface area contributed by atoms with E-state index in [1.165, 1.54) is 11.3 Å². The lowest BCUT2D eigenvalue weighted by atomic mass is 10.1. The molecule has 1 aliphatic rings. The maximum atomic E-state index is 12.3. The maximum absolute atomic E-state index is 12.3. The SMILES string of the molecule is CC(C)(C)OC(=O)[C@H]1CCCN1C(=O)c1cccs1. The van der Waals surface area contributed by atoms with Crippen LogP contribution in [-0.2, 0) is 9.53 Å². The van der Waals surface area contributed by atoms with Crippen molar-refractivity contribution in [3.05, 3.63) is 22.4 Å². The van der Waals surface area contributed by atoms with E-state index in [9.17, 15) is 9.59 Å². The summed E-state index contributed by atoms with van der Waals surface area (Å²) in [5.41, 5.74) is -0.517. The fraction of sp³-hybridized carbons (Fsp3) is 0.571. The average Bonchev–Trinajstić information content (AvgIpc) is 2.97. The van der Waals surface area contributed by atoms with E-state index in [1.54, 1.807) is 11.0 Å². The van der Waals surface area contributed by atoms with Crippen LogP contribution in [0.25, 0.3) is 0 Å². The lowest BCUT2D eigenvalue weighted by Crippen LogP contribution is -2.43. The van der Waals surface area contributed by atoms with Crippen LogP contribution in [0.4, 0.5) is 0 Å². The summed E-state index contributed by atoms with van der Waals surface area (Å²) in [6, 6.07) is 3.20. The molecular formula is C14H19NO3S. The number of amides is 1. The third kappa shape index (κ3) is 3.35. The minimum atomic E-state index is -0.517. The largest absolute Gasteiger partial charge is 0.458 e. The number of hydrogen-bond donors (Lipinski definition) is 0. The van der Waals surface area contributed by atoms with Crippen LogP contribution in [0.15, 0.2) is 17.5 Å². The van der Waals surface area contributed by atoms with Crippen LogP contribution in [-0.4, -0.2) is 35.0 Å². The molecule has 0 aromatic carbocycles. The lowest BCUT2D eigenvalue weighted by molar-refractivity contribution is -0.159. The molecule has 5 heteroatoms. The van der Waals surface area contributed by atoms with E-state index in [-0.39, 0.29) is 11.9 Å². The number of nitrogens with zero attached hydrogens (tertiary/aromatic N) is 1. The minimum absolute atomic E-state index is 0.0663. The van der Waals surface area contributed by atoms with Gasteiger partial charge < -0.3 is 9.64 Å². The Labute approximate surface area is 117 Å². The first-order valence-corrected chi connectivity index (χ1v) is 7.34. The molecule has 1 atom stereocenters. The van der Waals surface area contributed by atoms with E-state index in [0.29, 0.717) is 17.8 Å². The zero-order chi connectivity index (χ0) is 14.0. The van der Waals surface area contributed by atoms with Crippen LogP contribution in [0.3, 0.4) is 0 Å². The van der Waals surface area contributed by atoms with Gasteiger partial charge in [0.2, 0.25) is 0 Å². The first-order valence-electron chi connectivity index (χ1n) is 6.46. The third-order valence-electron chi connectivity index (χ3n) is 2.92. The smallest absolute Gasteiger partial charge is 0.329 e. The van der Waals surface area contributed by atoms with Gasteiger partial charge in [-0.1, -0.05) is 6.07 Å². The molecule has 0 spiro atoms. The highest BCUT2D eigenvalue weighted by atomic mass is 32.1. The Morgan fingerprint density at radius 2 is 2.16 bits per heavy atom. The number of ether oxygens (including phenoxy) is 1. The first-order chi connectivity index (χ1) is 8.88. The summed E-state index contributed by atoms with van der Waals surface area (Å²) in [6.07, 6.45) is 1.53. The van der Waals surface area contributed by atoms with Crippen molar-refractivity contribution in [2.24, 2.45) is 0 Å². The molecule has 1 amide bonds. The summed E-state index contributed by atoms with van der Waals surface area (Å²) in [5, 5.41) is 1.87. The second-order valence-electron chi connectivity index (χ2n) is 5.67. The molecule has 0 unspecified atom stereocenters. The molecule has 1 saturated heterocycles. The van der Waals surface area contributed by atoms with Crippen molar-refractivity contribution in [1.82, 2.24) is 4.90 Å². The first kappa shape index (κ1) is 14.1. The van der Waals surface area contributed by atoms with E-state index >= 15 is 0 Å². The van der Waals surface area contributed by atoms with E-state index in [4.69, 9.17) is 4.74 Å². The monoisotopic (exact) mass is 281 g/mol. The lowest BCUT2D eigenvalue weighted by Gasteiger charge is -2.27. The summed E-state index contributed by atoms with van der Waals surface area (Å²) in [6.45, 7) is 6.14. The van der Waals surface area contributed by atoms with E-state index in [2.05, 4.69) is 0 Å². The second kappa shape index (κ2) is 5.33. The topological polar surface area (TPSA) is 46.6 Å². The van der Waals surface area contributed by atoms with E-state index in [0.717, 1.165) is 6.42 Å². The molecule has 4 nitrogen and oxygen atoms in total. The van der Waals surface area contributed by atoms with Gasteiger partial charge in [-0.3, -0.25) is 4.79 Å². The standard InChI is InChI=1S/C14H19NO3S/c1-14(2,3)18-13(17)10-6-4-8-15(10)12(16)11-7-5-9-19-11/h5,7,9-10H,4,6,8H2,1-3H3/t10-/m1/s1. The van der Waals surface area contributed by atoms with Gasteiger partial charge in [0.05, 0.1) is 4.88 Å². The van der Waals surface area contributed by atoms with Crippen LogP contribution in [0, 0.1) is 0 Å². The number of likely N-dealkylation sites (tertiary alicyclic amines) is 1. The molecule has 1 aromatic heterocycles. The summed E-state index contributed by atoms with van der Waals surface area (Å²) >= 11 is 1.40. The summed E-state index contributed by atoms with van der Waals surface area (Å²) in [4.78, 5) is 26.8. The summed E-state index contributed by atoms with van der Waals surface area (Å²) in [5.74, 6) is -0.363. The number of thiophene rings is 1. The van der Waals surface area contributed by atoms with Crippen molar-refractivity contribution in [2.75, 3.05) is 6.54 Å². The van der Waals surface area contributed by atoms with Gasteiger partial charge in [0.25, 0.3) is 5.91 Å². The van der Waals surface area contributed by atoms with Gasteiger partial charge >= 0.3 is 5.97 Å². The number of rotatable bonds is 2. The van der Waals surface area contributed by atoms with E-state index in [1.807, 2.05) is 32.2 Å². The van der Waals surface area contributed by atoms with Crippen molar-refractivity contribution in [2.45, 2.75) is 45.3 Å². The third-order valence-corrected chi connectivity index (χ3v) is 3.78. The minimum Gasteiger partial charge on any atom is -0.458 e. The molecule has 19 heavy (non-hydrogen) atoms. The van der Waals surface area contributed by atoms with Crippen LogP contribution in [0.5, 0.6) is 0 Å². The van der Waals surface area contributed by atoms with Gasteiger partial charge in [0, 0.05) is 6.54 Å². The molecule has 1 aliphatic heterocycles. The molecule has 1 aromatic rings. The number of hydrogen-bond acceptors (Lipinski definition) is 4. The summed E-state index contributed by atoms with van der Waals surface area (Å²) in [7, 11) is 0. The van der Waals surface area contributed by atoms with E-state index < -0.39 is 11.6 Å². The van der Waals surface area contributed by atoms with Crippen molar-refractivity contribution in [3.63, 3.8) is 0 Å². The van der Waals surface area contributed by atoms with Crippen LogP contribution in [0.1, 0.15) is 43.3 Å². The zero-order valence-corrected chi connectivity index (χ0v) is 12.3. The molecule has 0 saturated carbocycles. The number of carbonyl (C=O) groups is 2. The predicted molar refractivity (Wildman–Crippen MR) is 74.2 cm³/mol. The van der Waals surface area contributed by atoms with Gasteiger partial charge in [-0.25, -0.2) is 4.79 Å². The van der Waals surface area contributed by atoms with Crippen molar-refractivity contribution in [3.8, 4) is 0 Å². The number of esters is 1. The van der Waals surface area contributed by atoms with Crippen LogP contribution < -0.4 is 0 Å². The Balaban J connectivity index is 2.09. The van der Waals surface area contributed by atoms with Gasteiger partial charge in [-0.2, -0.15) is 0 Å². The van der Waals surface area contributed by atoms with Gasteiger partial charge in [-0.05, 0) is 45.1 Å². The highest BCUT2D eigenvalue weighted by Crippen LogP contribution is 2.24. The fourth-order valence-corrected chi connectivity index (χ4v) is 2.85. The molecular weight excluding hydrogens is 262 g/mol. The van der Waals surface area contributed by atoms with Gasteiger partial charge in [0.1, 0.15) is 11.6 Å². The Kier molecular flexibility index (Phi) is 3.94. The Bertz CT molecular complexity index is 462. The predicted octanol–water partition coefficient (Wildman–Crippen LogP) is 2.69. The highest BCUT2D eigenvalue weighted by molar-refractivity contribution is 7.12. The maximum Gasteiger partial charge on any atom is 0.329 e. The Morgan fingerprint density at radius 3 is 2.74 bits per heavy atom. The fourth-order valence-electron chi connectivity index (χ4n) is 2.17. The molecule has 0 N–H and O–H groups in total.